The molecule has 0 spiro atoms. The molecule has 4 aliphatic rings. The summed E-state index contributed by atoms with van der Waals surface area (Å²) < 4.78 is 42.3. The third-order valence-corrected chi connectivity index (χ3v) is 7.97. The maximum Gasteiger partial charge on any atom is 0.419 e. The lowest BCUT2D eigenvalue weighted by Gasteiger charge is -2.37. The van der Waals surface area contributed by atoms with Gasteiger partial charge >= 0.3 is 6.18 Å². The Morgan fingerprint density at radius 2 is 1.75 bits per heavy atom. The molecule has 9 heteroatoms. The molecular formula is C23H29F3N6. The van der Waals surface area contributed by atoms with Crippen LogP contribution < -0.4 is 5.73 Å². The number of anilines is 1. The van der Waals surface area contributed by atoms with Crippen molar-refractivity contribution in [1.82, 2.24) is 24.3 Å². The number of hydrogen-bond donors (Lipinski definition) is 1. The van der Waals surface area contributed by atoms with Gasteiger partial charge in [0.05, 0.1) is 11.3 Å². The molecule has 0 amide bonds. The van der Waals surface area contributed by atoms with Gasteiger partial charge in [0.2, 0.25) is 0 Å². The number of alkyl halides is 3. The predicted molar refractivity (Wildman–Crippen MR) is 115 cm³/mol. The molecule has 172 valence electrons. The van der Waals surface area contributed by atoms with E-state index in [1.807, 2.05) is 6.20 Å². The SMILES string of the molecule is CN1CCN(C2C[C@@H]3[C@H](C2)[C@H]3n2cc(-c3cnc(N)c(C(F)(F)F)c3)nc2C2CC2)CC1. The fourth-order valence-electron chi connectivity index (χ4n) is 5.95. The van der Waals surface area contributed by atoms with Crippen molar-refractivity contribution in [3.63, 3.8) is 0 Å². The number of imidazole rings is 1. The van der Waals surface area contributed by atoms with Crippen LogP contribution in [0, 0.1) is 11.8 Å². The highest BCUT2D eigenvalue weighted by Gasteiger charge is 2.59. The molecule has 1 aliphatic heterocycles. The number of pyridine rings is 1. The number of fused-ring (bicyclic) bond motifs is 1. The first-order valence-electron chi connectivity index (χ1n) is 11.6. The van der Waals surface area contributed by atoms with Gasteiger partial charge in [-0.2, -0.15) is 13.2 Å². The summed E-state index contributed by atoms with van der Waals surface area (Å²) >= 11 is 0. The van der Waals surface area contributed by atoms with E-state index < -0.39 is 17.6 Å². The van der Waals surface area contributed by atoms with Gasteiger partial charge in [-0.1, -0.05) is 0 Å². The fraction of sp³-hybridized carbons (Fsp3) is 0.652. The molecule has 32 heavy (non-hydrogen) atoms. The van der Waals surface area contributed by atoms with Crippen LogP contribution in [0.5, 0.6) is 0 Å². The Balaban J connectivity index is 1.23. The van der Waals surface area contributed by atoms with E-state index in [0.717, 1.165) is 50.9 Å². The first-order chi connectivity index (χ1) is 15.3. The highest BCUT2D eigenvalue weighted by atomic mass is 19.4. The van der Waals surface area contributed by atoms with E-state index in [4.69, 9.17) is 10.7 Å². The molecule has 4 atom stereocenters. The molecular weight excluding hydrogens is 417 g/mol. The molecule has 2 N–H and O–H groups in total. The first kappa shape index (κ1) is 20.5. The number of nitrogen functional groups attached to an aromatic ring is 1. The van der Waals surface area contributed by atoms with Crippen LogP contribution in [-0.2, 0) is 6.18 Å². The zero-order chi connectivity index (χ0) is 22.2. The van der Waals surface area contributed by atoms with Crippen LogP contribution >= 0.6 is 0 Å². The van der Waals surface area contributed by atoms with Crippen molar-refractivity contribution in [1.29, 1.82) is 0 Å². The summed E-state index contributed by atoms with van der Waals surface area (Å²) in [6.07, 6.45) is 3.50. The van der Waals surface area contributed by atoms with Crippen LogP contribution in [0.4, 0.5) is 19.0 Å². The van der Waals surface area contributed by atoms with Crippen molar-refractivity contribution >= 4 is 5.82 Å². The normalized spacial score (nSPS) is 31.1. The smallest absolute Gasteiger partial charge is 0.383 e. The Hall–Kier alpha value is -2.13. The van der Waals surface area contributed by atoms with E-state index in [2.05, 4.69) is 26.4 Å². The Morgan fingerprint density at radius 1 is 1.06 bits per heavy atom. The average molecular weight is 447 g/mol. The highest BCUT2D eigenvalue weighted by Crippen LogP contribution is 2.62. The van der Waals surface area contributed by atoms with Crippen molar-refractivity contribution in [2.45, 2.75) is 49.9 Å². The third kappa shape index (κ3) is 3.50. The maximum absolute atomic E-state index is 13.3. The van der Waals surface area contributed by atoms with Gasteiger partial charge < -0.3 is 15.2 Å². The van der Waals surface area contributed by atoms with Crippen LogP contribution in [-0.4, -0.2) is 63.6 Å². The second-order valence-electron chi connectivity index (χ2n) is 10.1. The third-order valence-electron chi connectivity index (χ3n) is 7.97. The number of hydrogen-bond acceptors (Lipinski definition) is 5. The van der Waals surface area contributed by atoms with Crippen molar-refractivity contribution in [3.05, 3.63) is 29.8 Å². The van der Waals surface area contributed by atoms with Gasteiger partial charge in [0, 0.05) is 62.1 Å². The Kier molecular flexibility index (Phi) is 4.60. The molecule has 4 fully saturated rings. The van der Waals surface area contributed by atoms with Crippen molar-refractivity contribution in [2.24, 2.45) is 11.8 Å². The molecule has 1 unspecified atom stereocenters. The number of nitrogens with zero attached hydrogens (tertiary/aromatic N) is 5. The number of aromatic nitrogens is 3. The van der Waals surface area contributed by atoms with Crippen molar-refractivity contribution < 1.29 is 13.2 Å². The molecule has 6 nitrogen and oxygen atoms in total. The summed E-state index contributed by atoms with van der Waals surface area (Å²) in [5.41, 5.74) is 5.55. The lowest BCUT2D eigenvalue weighted by atomic mass is 10.1. The Labute approximate surface area is 185 Å². The molecule has 3 aliphatic carbocycles. The van der Waals surface area contributed by atoms with Crippen molar-refractivity contribution in [2.75, 3.05) is 39.0 Å². The second kappa shape index (κ2) is 7.18. The standard InChI is InChI=1S/C23H29F3N6/c1-30-4-6-31(7-5-30)15-9-16-17(10-15)20(16)32-12-19(29-22(32)13-2-3-13)14-8-18(23(24,25)26)21(27)28-11-14/h8,11-13,15-17,20H,2-7,9-10H2,1H3,(H2,27,28)/t15?,16-,17+,20+. The van der Waals surface area contributed by atoms with Crippen LogP contribution in [0.1, 0.15) is 49.0 Å². The number of nitrogens with two attached hydrogens (primary N) is 1. The van der Waals surface area contributed by atoms with E-state index in [0.29, 0.717) is 41.1 Å². The summed E-state index contributed by atoms with van der Waals surface area (Å²) in [4.78, 5) is 13.7. The number of halogens is 3. The molecule has 2 aromatic rings. The molecule has 1 saturated heterocycles. The van der Waals surface area contributed by atoms with E-state index >= 15 is 0 Å². The maximum atomic E-state index is 13.3. The Bertz CT molecular complexity index is 1010. The number of piperazine rings is 1. The van der Waals surface area contributed by atoms with Gasteiger partial charge in [0.25, 0.3) is 0 Å². The molecule has 2 aromatic heterocycles. The molecule has 0 bridgehead atoms. The van der Waals surface area contributed by atoms with E-state index in [-0.39, 0.29) is 0 Å². The minimum Gasteiger partial charge on any atom is -0.383 e. The van der Waals surface area contributed by atoms with Gasteiger partial charge in [-0.15, -0.1) is 0 Å². The first-order valence-corrected chi connectivity index (χ1v) is 11.6. The molecule has 0 radical (unpaired) electrons. The van der Waals surface area contributed by atoms with Crippen LogP contribution in [0.2, 0.25) is 0 Å². The predicted octanol–water partition coefficient (Wildman–Crippen LogP) is 3.62. The van der Waals surface area contributed by atoms with Crippen LogP contribution in [0.25, 0.3) is 11.3 Å². The average Bonchev–Trinajstić information content (AvgIpc) is 3.62. The van der Waals surface area contributed by atoms with E-state index in [9.17, 15) is 13.2 Å². The van der Waals surface area contributed by atoms with E-state index in [1.165, 1.54) is 19.0 Å². The Morgan fingerprint density at radius 3 is 2.38 bits per heavy atom. The molecule has 0 aromatic carbocycles. The monoisotopic (exact) mass is 446 g/mol. The fourth-order valence-corrected chi connectivity index (χ4v) is 5.95. The van der Waals surface area contributed by atoms with Crippen molar-refractivity contribution in [3.8, 4) is 11.3 Å². The largest absolute Gasteiger partial charge is 0.419 e. The van der Waals surface area contributed by atoms with Crippen LogP contribution in [0.15, 0.2) is 18.5 Å². The molecule has 3 saturated carbocycles. The number of rotatable bonds is 4. The zero-order valence-corrected chi connectivity index (χ0v) is 18.2. The minimum absolute atomic E-state index is 0.383. The van der Waals surface area contributed by atoms with Gasteiger partial charge in [-0.25, -0.2) is 9.97 Å². The summed E-state index contributed by atoms with van der Waals surface area (Å²) in [5.74, 6) is 2.31. The lowest BCUT2D eigenvalue weighted by molar-refractivity contribution is -0.137. The second-order valence-corrected chi connectivity index (χ2v) is 10.1. The molecule has 3 heterocycles. The highest BCUT2D eigenvalue weighted by molar-refractivity contribution is 5.62. The molecule has 6 rings (SSSR count). The van der Waals surface area contributed by atoms with Gasteiger partial charge in [0.15, 0.2) is 0 Å². The summed E-state index contributed by atoms with van der Waals surface area (Å²) in [6.45, 7) is 4.59. The van der Waals surface area contributed by atoms with Gasteiger partial charge in [-0.3, -0.25) is 4.90 Å². The van der Waals surface area contributed by atoms with Gasteiger partial charge in [0.1, 0.15) is 11.6 Å². The quantitative estimate of drug-likeness (QED) is 0.777. The minimum atomic E-state index is -4.53. The van der Waals surface area contributed by atoms with Crippen LogP contribution in [0.3, 0.4) is 0 Å². The summed E-state index contributed by atoms with van der Waals surface area (Å²) in [7, 11) is 2.18. The zero-order valence-electron chi connectivity index (χ0n) is 18.2. The van der Waals surface area contributed by atoms with E-state index in [1.54, 1.807) is 0 Å². The van der Waals surface area contributed by atoms with Gasteiger partial charge in [-0.05, 0) is 50.6 Å². The summed E-state index contributed by atoms with van der Waals surface area (Å²) in [5, 5.41) is 0. The number of likely N-dealkylation sites (N-methyl/N-ethyl adjacent to an activating group) is 1. The topological polar surface area (TPSA) is 63.2 Å². The lowest BCUT2D eigenvalue weighted by Crippen LogP contribution is -2.48. The summed E-state index contributed by atoms with van der Waals surface area (Å²) in [6, 6.07) is 2.21.